The molecule has 0 saturated carbocycles. The lowest BCUT2D eigenvalue weighted by Crippen LogP contribution is -2.23. The number of aromatic hydroxyl groups is 1. The summed E-state index contributed by atoms with van der Waals surface area (Å²) < 4.78 is 5.89. The highest BCUT2D eigenvalue weighted by Crippen LogP contribution is 2.41. The summed E-state index contributed by atoms with van der Waals surface area (Å²) >= 11 is 0. The number of ketones is 2. The summed E-state index contributed by atoms with van der Waals surface area (Å²) in [4.78, 5) is 26.3. The second-order valence-electron chi connectivity index (χ2n) is 7.01. The third-order valence-corrected chi connectivity index (χ3v) is 5.09. The molecule has 0 atom stereocenters. The van der Waals surface area contributed by atoms with Crippen LogP contribution in [0.1, 0.15) is 64.1 Å². The molecule has 4 nitrogen and oxygen atoms in total. The number of carbonyl (C=O) groups is 2. The molecule has 0 heterocycles. The highest BCUT2D eigenvalue weighted by atomic mass is 16.5. The minimum Gasteiger partial charge on any atom is -0.507 e. The Morgan fingerprint density at radius 2 is 1.54 bits per heavy atom. The largest absolute Gasteiger partial charge is 0.507 e. The van der Waals surface area contributed by atoms with E-state index in [-0.39, 0.29) is 35.0 Å². The molecule has 2 aromatic rings. The molecule has 0 bridgehead atoms. The van der Waals surface area contributed by atoms with Crippen LogP contribution in [-0.4, -0.2) is 23.3 Å². The Hall–Kier alpha value is -3.14. The van der Waals surface area contributed by atoms with Crippen molar-refractivity contribution < 1.29 is 19.4 Å². The van der Waals surface area contributed by atoms with Crippen LogP contribution in [0.4, 0.5) is 0 Å². The first-order valence-electron chi connectivity index (χ1n) is 9.42. The van der Waals surface area contributed by atoms with Gasteiger partial charge in [-0.3, -0.25) is 9.59 Å². The fourth-order valence-corrected chi connectivity index (χ4v) is 3.22. The van der Waals surface area contributed by atoms with Crippen molar-refractivity contribution >= 4 is 11.6 Å². The van der Waals surface area contributed by atoms with Gasteiger partial charge in [-0.05, 0) is 30.9 Å². The molecule has 1 aliphatic carbocycles. The Bertz CT molecular complexity index is 998. The van der Waals surface area contributed by atoms with Crippen molar-refractivity contribution in [1.29, 1.82) is 0 Å². The van der Waals surface area contributed by atoms with Crippen LogP contribution in [0.2, 0.25) is 0 Å². The number of rotatable bonds is 7. The molecule has 1 N–H and O–H groups in total. The van der Waals surface area contributed by atoms with Gasteiger partial charge in [-0.2, -0.15) is 0 Å². The van der Waals surface area contributed by atoms with Crippen LogP contribution >= 0.6 is 0 Å². The van der Waals surface area contributed by atoms with Gasteiger partial charge in [0.1, 0.15) is 18.1 Å². The van der Waals surface area contributed by atoms with Gasteiger partial charge in [-0.15, -0.1) is 0 Å². The number of phenols is 1. The molecule has 0 aromatic heterocycles. The minimum absolute atomic E-state index is 0.0159. The highest BCUT2D eigenvalue weighted by molar-refractivity contribution is 6.30. The van der Waals surface area contributed by atoms with E-state index in [1.165, 1.54) is 0 Å². The Balaban J connectivity index is 2.20. The molecule has 4 heteroatoms. The normalized spacial score (nSPS) is 12.4. The van der Waals surface area contributed by atoms with Crippen LogP contribution in [0.3, 0.4) is 0 Å². The van der Waals surface area contributed by atoms with Crippen LogP contribution < -0.4 is 4.74 Å². The van der Waals surface area contributed by atoms with E-state index in [9.17, 15) is 14.7 Å². The van der Waals surface area contributed by atoms with Crippen molar-refractivity contribution in [2.45, 2.75) is 33.1 Å². The number of hydrogen-bond acceptors (Lipinski definition) is 4. The molecule has 0 spiro atoms. The van der Waals surface area contributed by atoms with Gasteiger partial charge >= 0.3 is 0 Å². The summed E-state index contributed by atoms with van der Waals surface area (Å²) in [5.41, 5.74) is 3.07. The van der Waals surface area contributed by atoms with E-state index in [0.29, 0.717) is 28.9 Å². The highest BCUT2D eigenvalue weighted by Gasteiger charge is 2.36. The summed E-state index contributed by atoms with van der Waals surface area (Å²) in [5, 5.41) is 10.9. The molecular formula is C24H24O4. The molecule has 0 saturated heterocycles. The summed E-state index contributed by atoms with van der Waals surface area (Å²) in [7, 11) is 0. The Kier molecular flexibility index (Phi) is 5.50. The number of ether oxygens (including phenoxy) is 1. The molecular weight excluding hydrogens is 352 g/mol. The molecule has 0 fully saturated rings. The van der Waals surface area contributed by atoms with Crippen molar-refractivity contribution in [2.75, 3.05) is 6.61 Å². The molecule has 144 valence electrons. The van der Waals surface area contributed by atoms with E-state index < -0.39 is 0 Å². The zero-order valence-corrected chi connectivity index (χ0v) is 16.3. The minimum atomic E-state index is -0.370. The molecule has 0 unspecified atom stereocenters. The van der Waals surface area contributed by atoms with Crippen molar-refractivity contribution in [2.24, 2.45) is 0 Å². The average molecular weight is 376 g/mol. The van der Waals surface area contributed by atoms with Gasteiger partial charge in [0.05, 0.1) is 11.1 Å². The van der Waals surface area contributed by atoms with Crippen LogP contribution in [0.25, 0.3) is 0 Å². The van der Waals surface area contributed by atoms with Crippen LogP contribution in [0.5, 0.6) is 11.5 Å². The molecule has 0 amide bonds. The quantitative estimate of drug-likeness (QED) is 0.588. The summed E-state index contributed by atoms with van der Waals surface area (Å²) in [6.07, 6.45) is 1.90. The van der Waals surface area contributed by atoms with Gasteiger partial charge in [0.15, 0.2) is 11.6 Å². The molecule has 3 rings (SSSR count). The Morgan fingerprint density at radius 3 is 2.11 bits per heavy atom. The van der Waals surface area contributed by atoms with Gasteiger partial charge in [0, 0.05) is 16.7 Å². The van der Waals surface area contributed by atoms with Gasteiger partial charge in [0.2, 0.25) is 0 Å². The van der Waals surface area contributed by atoms with E-state index in [4.69, 9.17) is 4.74 Å². The molecule has 0 radical (unpaired) electrons. The third-order valence-electron chi connectivity index (χ3n) is 5.09. The van der Waals surface area contributed by atoms with Gasteiger partial charge < -0.3 is 9.84 Å². The summed E-state index contributed by atoms with van der Waals surface area (Å²) in [6.45, 7) is 12.1. The van der Waals surface area contributed by atoms with Crippen LogP contribution in [0.15, 0.2) is 54.6 Å². The maximum atomic E-state index is 13.1. The molecule has 28 heavy (non-hydrogen) atoms. The van der Waals surface area contributed by atoms with E-state index in [1.807, 2.05) is 13.8 Å². The first-order chi connectivity index (χ1) is 13.4. The number of benzene rings is 2. The number of fused-ring (bicyclic) bond motifs is 2. The summed E-state index contributed by atoms with van der Waals surface area (Å²) in [5.74, 6) is -0.558. The smallest absolute Gasteiger partial charge is 0.198 e. The number of carbonyl (C=O) groups excluding carboxylic acids is 2. The van der Waals surface area contributed by atoms with E-state index >= 15 is 0 Å². The maximum Gasteiger partial charge on any atom is 0.198 e. The van der Waals surface area contributed by atoms with Crippen molar-refractivity contribution in [3.05, 3.63) is 82.5 Å². The van der Waals surface area contributed by atoms with Crippen molar-refractivity contribution in [3.8, 4) is 11.5 Å². The fourth-order valence-electron chi connectivity index (χ4n) is 3.22. The second kappa shape index (κ2) is 7.85. The first kappa shape index (κ1) is 19.6. The van der Waals surface area contributed by atoms with Gasteiger partial charge in [-0.1, -0.05) is 56.8 Å². The Morgan fingerprint density at radius 1 is 0.964 bits per heavy atom. The van der Waals surface area contributed by atoms with Gasteiger partial charge in [-0.25, -0.2) is 0 Å². The second-order valence-corrected chi connectivity index (χ2v) is 7.01. The lowest BCUT2D eigenvalue weighted by Gasteiger charge is -2.23. The monoisotopic (exact) mass is 376 g/mol. The molecule has 1 aliphatic rings. The first-order valence-corrected chi connectivity index (χ1v) is 9.42. The lowest BCUT2D eigenvalue weighted by molar-refractivity contribution is 0.0973. The Labute approximate surface area is 165 Å². The van der Waals surface area contributed by atoms with Crippen molar-refractivity contribution in [3.63, 3.8) is 0 Å². The molecule has 2 aromatic carbocycles. The summed E-state index contributed by atoms with van der Waals surface area (Å²) in [6, 6.07) is 8.30. The number of allylic oxidation sites excluding steroid dienone is 1. The SMILES string of the molecule is C=C(CC)COc1cc(CC(=C)CC)c(O)c2c1C(=O)c1ccccc1C2=O. The zero-order chi connectivity index (χ0) is 20.4. The topological polar surface area (TPSA) is 63.6 Å². The predicted octanol–water partition coefficient (Wildman–Crippen LogP) is 5.02. The standard InChI is InChI=1S/C24H24O4/c1-5-14(3)11-16-12-19(28-13-15(4)6-2)20-21(22(16)25)24(27)18-10-8-7-9-17(18)23(20)26/h7-10,12,25H,3-6,11,13H2,1-2H3. The third kappa shape index (κ3) is 3.38. The van der Waals surface area contributed by atoms with Crippen LogP contribution in [0, 0.1) is 0 Å². The zero-order valence-electron chi connectivity index (χ0n) is 16.3. The van der Waals surface area contributed by atoms with Gasteiger partial charge in [0.25, 0.3) is 0 Å². The predicted molar refractivity (Wildman–Crippen MR) is 109 cm³/mol. The maximum absolute atomic E-state index is 13.1. The van der Waals surface area contributed by atoms with E-state index in [2.05, 4.69) is 13.2 Å². The van der Waals surface area contributed by atoms with E-state index in [0.717, 1.165) is 24.0 Å². The number of phenolic OH excluding ortho intramolecular Hbond substituents is 1. The fraction of sp³-hybridized carbons (Fsp3) is 0.250. The average Bonchev–Trinajstić information content (AvgIpc) is 2.71. The van der Waals surface area contributed by atoms with Crippen LogP contribution in [-0.2, 0) is 6.42 Å². The molecule has 0 aliphatic heterocycles. The lowest BCUT2D eigenvalue weighted by atomic mass is 9.81. The van der Waals surface area contributed by atoms with E-state index in [1.54, 1.807) is 30.3 Å². The van der Waals surface area contributed by atoms with Crippen molar-refractivity contribution in [1.82, 2.24) is 0 Å². The number of hydrogen-bond donors (Lipinski definition) is 1.